The molecule has 0 atom stereocenters. The Bertz CT molecular complexity index is 1870. The van der Waals surface area contributed by atoms with Gasteiger partial charge in [0.15, 0.2) is 5.78 Å². The highest BCUT2D eigenvalue weighted by Crippen LogP contribution is 2.33. The minimum Gasteiger partial charge on any atom is -0.480 e. The highest BCUT2D eigenvalue weighted by molar-refractivity contribution is 7.92. The molecule has 1 fully saturated rings. The van der Waals surface area contributed by atoms with Gasteiger partial charge in [-0.25, -0.2) is 32.2 Å². The summed E-state index contributed by atoms with van der Waals surface area (Å²) in [5.74, 6) is -1.97. The Hall–Kier alpha value is -4.69. The number of carbonyl (C=O) groups excluding carboxylic acids is 2. The highest BCUT2D eigenvalue weighted by Gasteiger charge is 2.24. The van der Waals surface area contributed by atoms with Gasteiger partial charge in [-0.2, -0.15) is 0 Å². The van der Waals surface area contributed by atoms with Gasteiger partial charge in [0.05, 0.1) is 12.6 Å². The Kier molecular flexibility index (Phi) is 9.75. The molecule has 1 saturated heterocycles. The summed E-state index contributed by atoms with van der Waals surface area (Å²) in [7, 11) is -3.14. The number of piperazine rings is 1. The zero-order chi connectivity index (χ0) is 30.7. The maximum absolute atomic E-state index is 14.3. The lowest BCUT2D eigenvalue weighted by Crippen LogP contribution is -2.48. The zero-order valence-corrected chi connectivity index (χ0v) is 25.2. The topological polar surface area (TPSA) is 135 Å². The Morgan fingerprint density at radius 3 is 2.39 bits per heavy atom. The quantitative estimate of drug-likeness (QED) is 0.283. The molecular formula is C29H27ClF2N6O5S. The molecule has 1 N–H and O–H groups in total. The van der Waals surface area contributed by atoms with Crippen LogP contribution in [0.2, 0.25) is 0 Å². The molecule has 11 nitrogen and oxygen atoms in total. The number of methoxy groups -OCH3 is 1. The van der Waals surface area contributed by atoms with Crippen LogP contribution in [-0.4, -0.2) is 73.2 Å². The minimum absolute atomic E-state index is 0. The molecule has 2 aromatic heterocycles. The van der Waals surface area contributed by atoms with E-state index in [4.69, 9.17) is 4.74 Å². The van der Waals surface area contributed by atoms with Crippen LogP contribution in [0.5, 0.6) is 5.88 Å². The van der Waals surface area contributed by atoms with E-state index >= 15 is 0 Å². The first-order chi connectivity index (χ1) is 20.6. The van der Waals surface area contributed by atoms with Gasteiger partial charge < -0.3 is 14.5 Å². The van der Waals surface area contributed by atoms with Gasteiger partial charge in [0.2, 0.25) is 11.8 Å². The number of aromatic nitrogens is 3. The third kappa shape index (κ3) is 6.92. The maximum Gasteiger partial charge on any atom is 0.264 e. The van der Waals surface area contributed by atoms with Crippen LogP contribution in [0.15, 0.2) is 72.0 Å². The molecule has 230 valence electrons. The van der Waals surface area contributed by atoms with E-state index in [0.717, 1.165) is 17.5 Å². The molecule has 1 amide bonds. The van der Waals surface area contributed by atoms with E-state index in [-0.39, 0.29) is 35.7 Å². The highest BCUT2D eigenvalue weighted by atomic mass is 35.5. The molecule has 44 heavy (non-hydrogen) atoms. The van der Waals surface area contributed by atoms with Crippen molar-refractivity contribution in [2.45, 2.75) is 11.8 Å². The molecule has 0 unspecified atom stereocenters. The smallest absolute Gasteiger partial charge is 0.264 e. The fourth-order valence-electron chi connectivity index (χ4n) is 4.65. The summed E-state index contributed by atoms with van der Waals surface area (Å²) < 4.78 is 61.1. The van der Waals surface area contributed by atoms with Crippen molar-refractivity contribution in [3.05, 3.63) is 78.8 Å². The number of sulfonamides is 1. The molecule has 15 heteroatoms. The summed E-state index contributed by atoms with van der Waals surface area (Å²) in [5, 5.41) is 0.725. The SMILES string of the molecule is COc1ncc(-c2ccc3ncnc(N4CCN(C(=O)/C=C/C(C)=O)CC4)c3c2)cc1NS(=O)(=O)c1ccc(F)cc1F.Cl. The number of benzene rings is 2. The van der Waals surface area contributed by atoms with Crippen LogP contribution in [0, 0.1) is 11.6 Å². The molecular weight excluding hydrogens is 618 g/mol. The lowest BCUT2D eigenvalue weighted by Gasteiger charge is -2.35. The number of nitrogens with one attached hydrogen (secondary N) is 1. The van der Waals surface area contributed by atoms with Crippen molar-refractivity contribution in [2.75, 3.05) is 42.9 Å². The molecule has 0 aliphatic carbocycles. The molecule has 2 aromatic carbocycles. The van der Waals surface area contributed by atoms with Gasteiger partial charge in [-0.15, -0.1) is 12.4 Å². The summed E-state index contributed by atoms with van der Waals surface area (Å²) in [6.45, 7) is 3.27. The van der Waals surface area contributed by atoms with Crippen LogP contribution < -0.4 is 14.4 Å². The number of ether oxygens (including phenoxy) is 1. The number of halogens is 3. The molecule has 0 spiro atoms. The second-order valence-corrected chi connectivity index (χ2v) is 11.3. The van der Waals surface area contributed by atoms with E-state index in [1.165, 1.54) is 44.8 Å². The van der Waals surface area contributed by atoms with Crippen LogP contribution in [0.3, 0.4) is 0 Å². The van der Waals surface area contributed by atoms with E-state index in [1.807, 2.05) is 11.0 Å². The van der Waals surface area contributed by atoms with Gasteiger partial charge >= 0.3 is 0 Å². The van der Waals surface area contributed by atoms with E-state index in [0.29, 0.717) is 54.7 Å². The second-order valence-electron chi connectivity index (χ2n) is 9.65. The largest absolute Gasteiger partial charge is 0.480 e. The summed E-state index contributed by atoms with van der Waals surface area (Å²) in [4.78, 5) is 39.6. The third-order valence-corrected chi connectivity index (χ3v) is 8.17. The zero-order valence-electron chi connectivity index (χ0n) is 23.5. The van der Waals surface area contributed by atoms with E-state index in [9.17, 15) is 26.8 Å². The average Bonchev–Trinajstić information content (AvgIpc) is 2.99. The number of hydrogen-bond acceptors (Lipinski definition) is 9. The Morgan fingerprint density at radius 2 is 1.70 bits per heavy atom. The lowest BCUT2D eigenvalue weighted by atomic mass is 10.0. The van der Waals surface area contributed by atoms with Crippen LogP contribution in [0.25, 0.3) is 22.0 Å². The predicted octanol–water partition coefficient (Wildman–Crippen LogP) is 4.00. The van der Waals surface area contributed by atoms with Gasteiger partial charge in [-0.1, -0.05) is 6.07 Å². The number of anilines is 2. The van der Waals surface area contributed by atoms with Crippen molar-refractivity contribution >= 4 is 56.5 Å². The van der Waals surface area contributed by atoms with Gasteiger partial charge in [0, 0.05) is 55.5 Å². The number of nitrogens with zero attached hydrogens (tertiary/aromatic N) is 5. The molecule has 5 rings (SSSR count). The van der Waals surface area contributed by atoms with Crippen LogP contribution in [-0.2, 0) is 19.6 Å². The summed E-state index contributed by atoms with van der Waals surface area (Å²) in [6.07, 6.45) is 5.48. The number of carbonyl (C=O) groups is 2. The Morgan fingerprint density at radius 1 is 0.955 bits per heavy atom. The average molecular weight is 645 g/mol. The number of pyridine rings is 1. The van der Waals surface area contributed by atoms with Crippen molar-refractivity contribution in [2.24, 2.45) is 0 Å². The molecule has 1 aliphatic rings. The minimum atomic E-state index is -4.45. The molecule has 0 radical (unpaired) electrons. The molecule has 3 heterocycles. The van der Waals surface area contributed by atoms with E-state index in [2.05, 4.69) is 19.7 Å². The summed E-state index contributed by atoms with van der Waals surface area (Å²) >= 11 is 0. The Labute approximate surface area is 258 Å². The first-order valence-corrected chi connectivity index (χ1v) is 14.5. The van der Waals surface area contributed by atoms with Crippen LogP contribution >= 0.6 is 12.4 Å². The fourth-order valence-corrected chi connectivity index (χ4v) is 5.75. The van der Waals surface area contributed by atoms with Gasteiger partial charge in [0.25, 0.3) is 10.0 Å². The number of ketones is 1. The standard InChI is InChI=1S/C29H26F2N6O5S.ClH/c1-18(38)3-8-27(39)36-9-11-37(12-10-36)28-22-13-19(4-6-24(22)33-17-34-28)20-14-25(29(42-2)32-16-20)35-43(40,41)26-7-5-21(30)15-23(26)31;/h3-8,13-17,35H,9-12H2,1-2H3;1H/b8-3+;. The monoisotopic (exact) mass is 644 g/mol. The first kappa shape index (κ1) is 32.2. The summed E-state index contributed by atoms with van der Waals surface area (Å²) in [6, 6.07) is 9.09. The molecule has 0 saturated carbocycles. The van der Waals surface area contributed by atoms with Crippen molar-refractivity contribution < 1.29 is 31.5 Å². The number of amides is 1. The summed E-state index contributed by atoms with van der Waals surface area (Å²) in [5.41, 5.74) is 1.80. The van der Waals surface area contributed by atoms with Crippen molar-refractivity contribution in [3.8, 4) is 17.0 Å². The van der Waals surface area contributed by atoms with Crippen LogP contribution in [0.4, 0.5) is 20.3 Å². The first-order valence-electron chi connectivity index (χ1n) is 13.1. The maximum atomic E-state index is 14.3. The predicted molar refractivity (Wildman–Crippen MR) is 162 cm³/mol. The molecule has 0 bridgehead atoms. The number of hydrogen-bond donors (Lipinski definition) is 1. The Balaban J connectivity index is 0.00000442. The molecule has 4 aromatic rings. The van der Waals surface area contributed by atoms with Crippen LogP contribution in [0.1, 0.15) is 6.92 Å². The number of fused-ring (bicyclic) bond motifs is 1. The third-order valence-electron chi connectivity index (χ3n) is 6.77. The normalized spacial score (nSPS) is 13.5. The van der Waals surface area contributed by atoms with E-state index < -0.39 is 26.6 Å². The van der Waals surface area contributed by atoms with Gasteiger partial charge in [0.1, 0.15) is 34.4 Å². The lowest BCUT2D eigenvalue weighted by molar-refractivity contribution is -0.126. The number of allylic oxidation sites excluding steroid dienone is 1. The number of rotatable bonds is 8. The van der Waals surface area contributed by atoms with Crippen molar-refractivity contribution in [1.82, 2.24) is 19.9 Å². The fraction of sp³-hybridized carbons (Fsp3) is 0.207. The van der Waals surface area contributed by atoms with Gasteiger partial charge in [-0.05, 0) is 48.9 Å². The van der Waals surface area contributed by atoms with Crippen molar-refractivity contribution in [3.63, 3.8) is 0 Å². The van der Waals surface area contributed by atoms with Crippen molar-refractivity contribution in [1.29, 1.82) is 0 Å². The molecule has 1 aliphatic heterocycles. The van der Waals surface area contributed by atoms with Gasteiger partial charge in [-0.3, -0.25) is 14.3 Å². The second kappa shape index (κ2) is 13.3. The van der Waals surface area contributed by atoms with E-state index in [1.54, 1.807) is 17.0 Å².